The Labute approximate surface area is 85.4 Å². The number of methoxy groups -OCH3 is 1. The van der Waals surface area contributed by atoms with Gasteiger partial charge in [0.2, 0.25) is 5.91 Å². The van der Waals surface area contributed by atoms with Crippen molar-refractivity contribution < 1.29 is 9.53 Å². The van der Waals surface area contributed by atoms with Crippen molar-refractivity contribution in [1.82, 2.24) is 4.90 Å². The van der Waals surface area contributed by atoms with E-state index < -0.39 is 0 Å². The molecule has 0 aromatic heterocycles. The summed E-state index contributed by atoms with van der Waals surface area (Å²) in [6.07, 6.45) is 3.67. The van der Waals surface area contributed by atoms with Crippen LogP contribution in [0.5, 0.6) is 0 Å². The highest BCUT2D eigenvalue weighted by Gasteiger charge is 2.31. The maximum Gasteiger partial charge on any atom is 0.222 e. The highest BCUT2D eigenvalue weighted by molar-refractivity contribution is 5.76. The van der Waals surface area contributed by atoms with Gasteiger partial charge >= 0.3 is 0 Å². The van der Waals surface area contributed by atoms with E-state index in [0.29, 0.717) is 25.6 Å². The lowest BCUT2D eigenvalue weighted by Crippen LogP contribution is -2.35. The second-order valence-corrected chi connectivity index (χ2v) is 3.70. The lowest BCUT2D eigenvalue weighted by molar-refractivity contribution is -0.132. The van der Waals surface area contributed by atoms with Gasteiger partial charge in [0.15, 0.2) is 0 Å². The first-order valence-electron chi connectivity index (χ1n) is 5.28. The predicted molar refractivity (Wildman–Crippen MR) is 54.9 cm³/mol. The molecule has 0 bridgehead atoms. The predicted octanol–water partition coefficient (Wildman–Crippen LogP) is 0.363. The van der Waals surface area contributed by atoms with E-state index in [0.717, 1.165) is 25.8 Å². The molecule has 0 aromatic carbocycles. The van der Waals surface area contributed by atoms with Gasteiger partial charge in [-0.3, -0.25) is 4.79 Å². The summed E-state index contributed by atoms with van der Waals surface area (Å²) in [4.78, 5) is 13.6. The Kier molecular flexibility index (Phi) is 4.90. The summed E-state index contributed by atoms with van der Waals surface area (Å²) < 4.78 is 4.99. The third kappa shape index (κ3) is 3.64. The van der Waals surface area contributed by atoms with Crippen molar-refractivity contribution in [3.8, 4) is 0 Å². The third-order valence-electron chi connectivity index (χ3n) is 2.44. The molecule has 82 valence electrons. The smallest absolute Gasteiger partial charge is 0.222 e. The molecule has 0 aliphatic heterocycles. The van der Waals surface area contributed by atoms with Crippen LogP contribution in [0.2, 0.25) is 0 Å². The van der Waals surface area contributed by atoms with Crippen LogP contribution in [-0.4, -0.2) is 43.7 Å². The molecule has 4 heteroatoms. The van der Waals surface area contributed by atoms with E-state index in [2.05, 4.69) is 0 Å². The summed E-state index contributed by atoms with van der Waals surface area (Å²) in [6, 6.07) is 0.482. The summed E-state index contributed by atoms with van der Waals surface area (Å²) in [5.74, 6) is 0.231. The van der Waals surface area contributed by atoms with Crippen LogP contribution in [0.15, 0.2) is 0 Å². The van der Waals surface area contributed by atoms with Gasteiger partial charge in [-0.2, -0.15) is 0 Å². The van der Waals surface area contributed by atoms with E-state index in [1.165, 1.54) is 0 Å². The normalized spacial score (nSPS) is 15.6. The highest BCUT2D eigenvalue weighted by Crippen LogP contribution is 2.27. The summed E-state index contributed by atoms with van der Waals surface area (Å²) >= 11 is 0. The molecule has 0 unspecified atom stereocenters. The van der Waals surface area contributed by atoms with Crippen LogP contribution in [0.3, 0.4) is 0 Å². The Hall–Kier alpha value is -0.610. The number of hydrogen-bond donors (Lipinski definition) is 1. The number of carbonyl (C=O) groups is 1. The van der Waals surface area contributed by atoms with Crippen molar-refractivity contribution in [3.05, 3.63) is 0 Å². The fourth-order valence-corrected chi connectivity index (χ4v) is 1.48. The molecule has 14 heavy (non-hydrogen) atoms. The van der Waals surface area contributed by atoms with E-state index in [1.54, 1.807) is 7.11 Å². The Balaban J connectivity index is 2.28. The Morgan fingerprint density at radius 3 is 2.79 bits per heavy atom. The van der Waals surface area contributed by atoms with Crippen molar-refractivity contribution in [2.45, 2.75) is 31.7 Å². The van der Waals surface area contributed by atoms with Gasteiger partial charge < -0.3 is 15.4 Å². The van der Waals surface area contributed by atoms with Crippen LogP contribution in [0.25, 0.3) is 0 Å². The SMILES string of the molecule is COCCN(C(=O)CCCN)C1CC1. The molecule has 0 atom stereocenters. The van der Waals surface area contributed by atoms with E-state index in [1.807, 2.05) is 4.90 Å². The first kappa shape index (κ1) is 11.5. The molecule has 1 saturated carbocycles. The maximum atomic E-state index is 11.7. The number of ether oxygens (including phenoxy) is 1. The van der Waals surface area contributed by atoms with Gasteiger partial charge in [0.1, 0.15) is 0 Å². The zero-order chi connectivity index (χ0) is 10.4. The van der Waals surface area contributed by atoms with Crippen molar-refractivity contribution in [2.75, 3.05) is 26.8 Å². The number of nitrogens with two attached hydrogens (primary N) is 1. The van der Waals surface area contributed by atoms with Gasteiger partial charge in [-0.15, -0.1) is 0 Å². The quantitative estimate of drug-likeness (QED) is 0.645. The average Bonchev–Trinajstić information content (AvgIpc) is 2.99. The molecule has 1 aliphatic rings. The first-order chi connectivity index (χ1) is 6.79. The fourth-order valence-electron chi connectivity index (χ4n) is 1.48. The molecule has 0 radical (unpaired) electrons. The largest absolute Gasteiger partial charge is 0.383 e. The minimum absolute atomic E-state index is 0.231. The molecule has 0 heterocycles. The van der Waals surface area contributed by atoms with Gasteiger partial charge in [0, 0.05) is 26.1 Å². The lowest BCUT2D eigenvalue weighted by atomic mass is 10.2. The first-order valence-corrected chi connectivity index (χ1v) is 5.28. The Bertz CT molecular complexity index is 181. The average molecular weight is 200 g/mol. The summed E-state index contributed by atoms with van der Waals surface area (Å²) in [5, 5.41) is 0. The summed E-state index contributed by atoms with van der Waals surface area (Å²) in [6.45, 7) is 1.95. The second kappa shape index (κ2) is 5.98. The monoisotopic (exact) mass is 200 g/mol. The van der Waals surface area contributed by atoms with Crippen LogP contribution in [-0.2, 0) is 9.53 Å². The molecule has 0 spiro atoms. The highest BCUT2D eigenvalue weighted by atomic mass is 16.5. The molecule has 1 aliphatic carbocycles. The van der Waals surface area contributed by atoms with Crippen molar-refractivity contribution in [2.24, 2.45) is 5.73 Å². The Morgan fingerprint density at radius 2 is 2.29 bits per heavy atom. The van der Waals surface area contributed by atoms with E-state index >= 15 is 0 Å². The molecule has 2 N–H and O–H groups in total. The van der Waals surface area contributed by atoms with Crippen molar-refractivity contribution in [3.63, 3.8) is 0 Å². The molecule has 4 nitrogen and oxygen atoms in total. The summed E-state index contributed by atoms with van der Waals surface area (Å²) in [7, 11) is 1.66. The number of amides is 1. The van der Waals surface area contributed by atoms with Crippen LogP contribution < -0.4 is 5.73 Å². The minimum Gasteiger partial charge on any atom is -0.383 e. The molecule has 1 rings (SSSR count). The molecule has 0 aromatic rings. The van der Waals surface area contributed by atoms with Gasteiger partial charge in [-0.05, 0) is 25.8 Å². The minimum atomic E-state index is 0.231. The van der Waals surface area contributed by atoms with Crippen molar-refractivity contribution in [1.29, 1.82) is 0 Å². The molecular weight excluding hydrogens is 180 g/mol. The fraction of sp³-hybridized carbons (Fsp3) is 0.900. The van der Waals surface area contributed by atoms with Crippen LogP contribution in [0, 0.1) is 0 Å². The number of nitrogens with zero attached hydrogens (tertiary/aromatic N) is 1. The van der Waals surface area contributed by atoms with Crippen LogP contribution >= 0.6 is 0 Å². The standard InChI is InChI=1S/C10H20N2O2/c1-14-8-7-12(9-4-5-9)10(13)3-2-6-11/h9H,2-8,11H2,1H3. The van der Waals surface area contributed by atoms with Crippen LogP contribution in [0.4, 0.5) is 0 Å². The van der Waals surface area contributed by atoms with E-state index in [4.69, 9.17) is 10.5 Å². The van der Waals surface area contributed by atoms with Crippen LogP contribution in [0.1, 0.15) is 25.7 Å². The number of hydrogen-bond acceptors (Lipinski definition) is 3. The third-order valence-corrected chi connectivity index (χ3v) is 2.44. The maximum absolute atomic E-state index is 11.7. The molecule has 1 amide bonds. The lowest BCUT2D eigenvalue weighted by Gasteiger charge is -2.21. The van der Waals surface area contributed by atoms with E-state index in [9.17, 15) is 4.79 Å². The van der Waals surface area contributed by atoms with Gasteiger partial charge in [-0.1, -0.05) is 0 Å². The summed E-state index contributed by atoms with van der Waals surface area (Å²) in [5.41, 5.74) is 5.37. The topological polar surface area (TPSA) is 55.6 Å². The molecule has 1 fully saturated rings. The van der Waals surface area contributed by atoms with Gasteiger partial charge in [0.25, 0.3) is 0 Å². The number of rotatable bonds is 7. The second-order valence-electron chi connectivity index (χ2n) is 3.70. The van der Waals surface area contributed by atoms with E-state index in [-0.39, 0.29) is 5.91 Å². The number of carbonyl (C=O) groups excluding carboxylic acids is 1. The Morgan fingerprint density at radius 1 is 1.57 bits per heavy atom. The van der Waals surface area contributed by atoms with Gasteiger partial charge in [0.05, 0.1) is 6.61 Å². The molecule has 0 saturated heterocycles. The van der Waals surface area contributed by atoms with Crippen molar-refractivity contribution >= 4 is 5.91 Å². The molecular formula is C10H20N2O2. The zero-order valence-electron chi connectivity index (χ0n) is 8.87. The van der Waals surface area contributed by atoms with Gasteiger partial charge in [-0.25, -0.2) is 0 Å². The zero-order valence-corrected chi connectivity index (χ0v) is 8.87.